The van der Waals surface area contributed by atoms with Gasteiger partial charge >= 0.3 is 0 Å². The van der Waals surface area contributed by atoms with Crippen molar-refractivity contribution in [3.8, 4) is 0 Å². The first-order chi connectivity index (χ1) is 14.4. The van der Waals surface area contributed by atoms with Crippen molar-refractivity contribution in [1.29, 1.82) is 0 Å². The molecule has 2 aliphatic carbocycles. The van der Waals surface area contributed by atoms with Crippen LogP contribution in [0.25, 0.3) is 0 Å². The maximum atomic E-state index is 12.7. The molecule has 5 rings (SSSR count). The summed E-state index contributed by atoms with van der Waals surface area (Å²) in [5, 5.41) is 5.27. The van der Waals surface area contributed by atoms with Crippen molar-refractivity contribution in [2.75, 3.05) is 25.0 Å². The van der Waals surface area contributed by atoms with Crippen LogP contribution in [0.1, 0.15) is 32.4 Å². The van der Waals surface area contributed by atoms with Crippen LogP contribution in [0.3, 0.4) is 0 Å². The molecule has 0 aromatic carbocycles. The van der Waals surface area contributed by atoms with E-state index in [9.17, 15) is 14.4 Å². The molecule has 4 aliphatic rings. The quantitative estimate of drug-likeness (QED) is 0.575. The average Bonchev–Trinajstić information content (AvgIpc) is 3.43. The lowest BCUT2D eigenvalue weighted by Gasteiger charge is -2.34. The van der Waals surface area contributed by atoms with Crippen LogP contribution in [0, 0.1) is 35.5 Å². The first kappa shape index (κ1) is 19.9. The highest BCUT2D eigenvalue weighted by Crippen LogP contribution is 2.52. The Hall–Kier alpha value is -2.06. The van der Waals surface area contributed by atoms with E-state index in [2.05, 4.69) is 41.2 Å². The number of thiazole rings is 1. The van der Waals surface area contributed by atoms with Crippen molar-refractivity contribution >= 4 is 34.2 Å². The van der Waals surface area contributed by atoms with Crippen LogP contribution in [0.5, 0.6) is 0 Å². The van der Waals surface area contributed by atoms with Crippen LogP contribution in [0.15, 0.2) is 17.5 Å². The van der Waals surface area contributed by atoms with Gasteiger partial charge in [-0.15, -0.1) is 11.3 Å². The number of imide groups is 1. The molecule has 1 aromatic heterocycles. The number of hydrogen-bond donors (Lipinski definition) is 1. The summed E-state index contributed by atoms with van der Waals surface area (Å²) < 4.78 is 0. The number of amides is 3. The second-order valence-corrected chi connectivity index (χ2v) is 10.5. The molecule has 30 heavy (non-hydrogen) atoms. The lowest BCUT2D eigenvalue weighted by atomic mass is 9.85. The number of allylic oxidation sites excluding steroid dienone is 2. The number of nitrogens with one attached hydrogen (secondary N) is 1. The minimum atomic E-state index is -0.363. The number of nitrogens with zero attached hydrogens (tertiary/aromatic N) is 3. The molecule has 1 aromatic rings. The summed E-state index contributed by atoms with van der Waals surface area (Å²) in [5.41, 5.74) is 0.946. The topological polar surface area (TPSA) is 82.6 Å². The minimum absolute atomic E-state index is 0.159. The Morgan fingerprint density at radius 2 is 1.73 bits per heavy atom. The van der Waals surface area contributed by atoms with E-state index in [1.54, 1.807) is 0 Å². The molecule has 3 heterocycles. The zero-order valence-corrected chi connectivity index (χ0v) is 18.2. The molecule has 3 amide bonds. The molecule has 2 aliphatic heterocycles. The van der Waals surface area contributed by atoms with Gasteiger partial charge in [0.2, 0.25) is 17.7 Å². The zero-order chi connectivity index (χ0) is 21.0. The minimum Gasteiger partial charge on any atom is -0.300 e. The molecule has 3 fully saturated rings. The van der Waals surface area contributed by atoms with Gasteiger partial charge in [-0.2, -0.15) is 0 Å². The fourth-order valence-electron chi connectivity index (χ4n) is 6.01. The van der Waals surface area contributed by atoms with Gasteiger partial charge < -0.3 is 5.32 Å². The normalized spacial score (nSPS) is 35.3. The van der Waals surface area contributed by atoms with Crippen LogP contribution in [-0.4, -0.2) is 52.1 Å². The third kappa shape index (κ3) is 3.50. The smallest absolute Gasteiger partial charge is 0.246 e. The molecule has 1 saturated carbocycles. The second-order valence-electron chi connectivity index (χ2n) is 9.59. The van der Waals surface area contributed by atoms with E-state index in [1.165, 1.54) is 17.8 Å². The first-order valence-corrected chi connectivity index (χ1v) is 11.8. The van der Waals surface area contributed by atoms with Crippen molar-refractivity contribution < 1.29 is 14.4 Å². The Balaban J connectivity index is 1.17. The van der Waals surface area contributed by atoms with Crippen molar-refractivity contribution in [1.82, 2.24) is 14.8 Å². The van der Waals surface area contributed by atoms with Gasteiger partial charge in [0.1, 0.15) is 6.54 Å². The predicted molar refractivity (Wildman–Crippen MR) is 113 cm³/mol. The lowest BCUT2D eigenvalue weighted by Crippen LogP contribution is -2.39. The molecule has 8 heteroatoms. The molecule has 160 valence electrons. The third-order valence-electron chi connectivity index (χ3n) is 6.99. The van der Waals surface area contributed by atoms with Gasteiger partial charge in [-0.3, -0.25) is 24.2 Å². The van der Waals surface area contributed by atoms with E-state index in [4.69, 9.17) is 0 Å². The number of rotatable bonds is 5. The van der Waals surface area contributed by atoms with E-state index in [0.717, 1.165) is 36.6 Å². The van der Waals surface area contributed by atoms with Crippen LogP contribution >= 0.6 is 11.3 Å². The molecule has 1 N–H and O–H groups in total. The molecule has 0 unspecified atom stereocenters. The summed E-state index contributed by atoms with van der Waals surface area (Å²) in [4.78, 5) is 46.1. The molecular weight excluding hydrogens is 400 g/mol. The fourth-order valence-corrected chi connectivity index (χ4v) is 6.73. The summed E-state index contributed by atoms with van der Waals surface area (Å²) in [5.74, 6) is 0.423. The van der Waals surface area contributed by atoms with Crippen molar-refractivity contribution in [3.05, 3.63) is 23.2 Å². The number of carbonyl (C=O) groups excluding carboxylic acids is 3. The summed E-state index contributed by atoms with van der Waals surface area (Å²) in [6.45, 7) is 7.27. The maximum Gasteiger partial charge on any atom is 0.246 e. The van der Waals surface area contributed by atoms with Crippen molar-refractivity contribution in [2.45, 2.75) is 33.2 Å². The summed E-state index contributed by atoms with van der Waals surface area (Å²) in [6, 6.07) is 0. The van der Waals surface area contributed by atoms with Gasteiger partial charge in [0, 0.05) is 25.0 Å². The Morgan fingerprint density at radius 1 is 1.10 bits per heavy atom. The van der Waals surface area contributed by atoms with Crippen LogP contribution < -0.4 is 5.32 Å². The molecular formula is C22H28N4O3S. The second kappa shape index (κ2) is 7.57. The highest BCUT2D eigenvalue weighted by Gasteiger charge is 2.59. The van der Waals surface area contributed by atoms with Gasteiger partial charge in [-0.25, -0.2) is 4.98 Å². The Bertz CT molecular complexity index is 872. The Labute approximate surface area is 180 Å². The zero-order valence-electron chi connectivity index (χ0n) is 17.4. The van der Waals surface area contributed by atoms with E-state index < -0.39 is 0 Å². The number of carbonyl (C=O) groups is 3. The van der Waals surface area contributed by atoms with Crippen LogP contribution in [0.2, 0.25) is 0 Å². The average molecular weight is 429 g/mol. The summed E-state index contributed by atoms with van der Waals surface area (Å²) in [7, 11) is 0. The number of aromatic nitrogens is 1. The molecule has 2 saturated heterocycles. The molecule has 2 bridgehead atoms. The number of piperidine rings is 1. The van der Waals surface area contributed by atoms with Crippen molar-refractivity contribution in [2.24, 2.45) is 35.5 Å². The SMILES string of the molecule is C[C@@H]1C[C@@H](C)CN(Cc2csc(NC(=O)CN3C(=O)[C@@H]4[C@H](C3=O)[C@H]3C=C[C@H]4C3)n2)C1. The molecule has 7 nitrogen and oxygen atoms in total. The van der Waals surface area contributed by atoms with Gasteiger partial charge in [0.15, 0.2) is 5.13 Å². The first-order valence-electron chi connectivity index (χ1n) is 10.9. The lowest BCUT2D eigenvalue weighted by molar-refractivity contribution is -0.143. The number of fused-ring (bicyclic) bond motifs is 5. The van der Waals surface area contributed by atoms with Crippen LogP contribution in [0.4, 0.5) is 5.13 Å². The summed E-state index contributed by atoms with van der Waals surface area (Å²) >= 11 is 1.39. The Morgan fingerprint density at radius 3 is 2.37 bits per heavy atom. The van der Waals surface area contributed by atoms with E-state index in [0.29, 0.717) is 17.0 Å². The van der Waals surface area contributed by atoms with Gasteiger partial charge in [-0.05, 0) is 36.5 Å². The van der Waals surface area contributed by atoms with Gasteiger partial charge in [-0.1, -0.05) is 26.0 Å². The Kier molecular flexibility index (Phi) is 5.01. The van der Waals surface area contributed by atoms with E-state index >= 15 is 0 Å². The van der Waals surface area contributed by atoms with E-state index in [-0.39, 0.29) is 47.9 Å². The predicted octanol–water partition coefficient (Wildman–Crippen LogP) is 2.37. The van der Waals surface area contributed by atoms with E-state index in [1.807, 2.05) is 5.38 Å². The van der Waals surface area contributed by atoms with Gasteiger partial charge in [0.25, 0.3) is 0 Å². The molecule has 0 spiro atoms. The number of anilines is 1. The van der Waals surface area contributed by atoms with Gasteiger partial charge in [0.05, 0.1) is 17.5 Å². The maximum absolute atomic E-state index is 12.7. The number of hydrogen-bond acceptors (Lipinski definition) is 6. The highest BCUT2D eigenvalue weighted by molar-refractivity contribution is 7.13. The van der Waals surface area contributed by atoms with Crippen LogP contribution in [-0.2, 0) is 20.9 Å². The largest absolute Gasteiger partial charge is 0.300 e. The fraction of sp³-hybridized carbons (Fsp3) is 0.636. The standard InChI is InChI=1S/C22H28N4O3S/c1-12-5-13(2)8-25(7-12)9-16-11-30-22(23-16)24-17(27)10-26-20(28)18-14-3-4-15(6-14)19(18)21(26)29/h3-4,11-15,18-19H,5-10H2,1-2H3,(H,23,24,27)/t12-,13-,14+,15+,18-,19+/m1/s1. The number of likely N-dealkylation sites (tertiary alicyclic amines) is 2. The third-order valence-corrected chi connectivity index (χ3v) is 7.80. The van der Waals surface area contributed by atoms with Crippen molar-refractivity contribution in [3.63, 3.8) is 0 Å². The monoisotopic (exact) mass is 428 g/mol. The highest BCUT2D eigenvalue weighted by atomic mass is 32.1. The molecule has 6 atom stereocenters. The summed E-state index contributed by atoms with van der Waals surface area (Å²) in [6.07, 6.45) is 6.27. The molecule has 0 radical (unpaired) electrons.